The first-order chi connectivity index (χ1) is 8.35. The van der Waals surface area contributed by atoms with E-state index in [0.29, 0.717) is 0 Å². The molecule has 1 aliphatic rings. The quantitative estimate of drug-likeness (QED) is 0.752. The molecule has 1 unspecified atom stereocenters. The Morgan fingerprint density at radius 3 is 2.28 bits per heavy atom. The van der Waals surface area contributed by atoms with Gasteiger partial charge in [-0.15, -0.1) is 0 Å². The van der Waals surface area contributed by atoms with Crippen LogP contribution in [0.3, 0.4) is 0 Å². The molecule has 0 aromatic heterocycles. The summed E-state index contributed by atoms with van der Waals surface area (Å²) in [5.41, 5.74) is -0.801. The molecule has 0 saturated heterocycles. The van der Waals surface area contributed by atoms with Gasteiger partial charge >= 0.3 is 0 Å². The summed E-state index contributed by atoms with van der Waals surface area (Å²) in [6, 6.07) is 6.78. The van der Waals surface area contributed by atoms with Gasteiger partial charge in [0.2, 0.25) is 0 Å². The minimum atomic E-state index is -1.14. The van der Waals surface area contributed by atoms with Crippen LogP contribution in [0.2, 0.25) is 0 Å². The van der Waals surface area contributed by atoms with E-state index in [1.54, 1.807) is 42.5 Å². The number of phenols is 1. The number of aliphatic hydroxyl groups excluding tert-OH is 1. The van der Waals surface area contributed by atoms with Crippen molar-refractivity contribution >= 4 is 0 Å². The molecule has 0 fully saturated rings. The maximum absolute atomic E-state index is 10.7. The highest BCUT2D eigenvalue weighted by atomic mass is 16.3. The Balaban J connectivity index is 2.39. The third kappa shape index (κ3) is 2.02. The monoisotopic (exact) mass is 246 g/mol. The molecule has 3 nitrogen and oxygen atoms in total. The predicted molar refractivity (Wildman–Crippen MR) is 70.6 cm³/mol. The number of allylic oxidation sites excluding steroid dienone is 2. The largest absolute Gasteiger partial charge is 0.512 e. The van der Waals surface area contributed by atoms with Crippen LogP contribution in [0.15, 0.2) is 48.3 Å². The van der Waals surface area contributed by atoms with E-state index in [9.17, 15) is 15.3 Å². The van der Waals surface area contributed by atoms with Crippen LogP contribution >= 0.6 is 0 Å². The lowest BCUT2D eigenvalue weighted by molar-refractivity contribution is 0.0104. The zero-order chi connectivity index (χ0) is 13.4. The Morgan fingerprint density at radius 1 is 1.11 bits per heavy atom. The van der Waals surface area contributed by atoms with Gasteiger partial charge in [-0.1, -0.05) is 38.1 Å². The number of hydrogen-bond acceptors (Lipinski definition) is 3. The Kier molecular flexibility index (Phi) is 2.95. The highest BCUT2D eigenvalue weighted by Crippen LogP contribution is 2.41. The standard InChI is InChI=1S/C15H18O3/c1-14(2,11-5-7-12(16)8-6-11)15(18)9-3-4-13(17)10-15/h3-9,16-18H,10H2,1-2H3. The van der Waals surface area contributed by atoms with Crippen LogP contribution in [0.4, 0.5) is 0 Å². The molecule has 0 spiro atoms. The second-order valence-corrected chi connectivity index (χ2v) is 5.29. The lowest BCUT2D eigenvalue weighted by Gasteiger charge is -2.42. The molecule has 1 aromatic carbocycles. The topological polar surface area (TPSA) is 60.7 Å². The van der Waals surface area contributed by atoms with Crippen molar-refractivity contribution in [1.29, 1.82) is 0 Å². The first kappa shape index (κ1) is 12.7. The van der Waals surface area contributed by atoms with Gasteiger partial charge in [0, 0.05) is 11.8 Å². The molecular formula is C15H18O3. The van der Waals surface area contributed by atoms with Crippen LogP contribution in [-0.2, 0) is 5.41 Å². The zero-order valence-electron chi connectivity index (χ0n) is 10.6. The summed E-state index contributed by atoms with van der Waals surface area (Å²) >= 11 is 0. The average molecular weight is 246 g/mol. The fourth-order valence-electron chi connectivity index (χ4n) is 2.27. The number of aliphatic hydroxyl groups is 2. The van der Waals surface area contributed by atoms with Crippen LogP contribution in [0.25, 0.3) is 0 Å². The van der Waals surface area contributed by atoms with Crippen LogP contribution < -0.4 is 0 Å². The first-order valence-electron chi connectivity index (χ1n) is 5.94. The number of benzene rings is 1. The lowest BCUT2D eigenvalue weighted by Crippen LogP contribution is -2.47. The first-order valence-corrected chi connectivity index (χ1v) is 5.94. The maximum atomic E-state index is 10.7. The van der Waals surface area contributed by atoms with Gasteiger partial charge in [-0.05, 0) is 23.8 Å². The van der Waals surface area contributed by atoms with Crippen LogP contribution in [0.1, 0.15) is 25.8 Å². The molecule has 2 rings (SSSR count). The molecule has 3 N–H and O–H groups in total. The molecule has 0 saturated carbocycles. The normalized spacial score (nSPS) is 23.8. The van der Waals surface area contributed by atoms with E-state index in [2.05, 4.69) is 0 Å². The number of hydrogen-bond donors (Lipinski definition) is 3. The molecule has 18 heavy (non-hydrogen) atoms. The third-order valence-electron chi connectivity index (χ3n) is 3.78. The molecule has 1 aromatic rings. The maximum Gasteiger partial charge on any atom is 0.115 e. The Labute approximate surface area is 107 Å². The highest BCUT2D eigenvalue weighted by molar-refractivity contribution is 5.37. The molecule has 96 valence electrons. The van der Waals surface area contributed by atoms with E-state index >= 15 is 0 Å². The summed E-state index contributed by atoms with van der Waals surface area (Å²) < 4.78 is 0. The van der Waals surface area contributed by atoms with Crippen molar-refractivity contribution in [2.45, 2.75) is 31.3 Å². The molecule has 1 aliphatic carbocycles. The van der Waals surface area contributed by atoms with Crippen LogP contribution in [0.5, 0.6) is 5.75 Å². The Hall–Kier alpha value is -1.74. The summed E-state index contributed by atoms with van der Waals surface area (Å²) in [4.78, 5) is 0. The van der Waals surface area contributed by atoms with Gasteiger partial charge in [-0.2, -0.15) is 0 Å². The zero-order valence-corrected chi connectivity index (χ0v) is 10.6. The van der Waals surface area contributed by atoms with Gasteiger partial charge in [0.25, 0.3) is 0 Å². The van der Waals surface area contributed by atoms with E-state index in [-0.39, 0.29) is 17.9 Å². The second kappa shape index (κ2) is 4.18. The van der Waals surface area contributed by atoms with Crippen molar-refractivity contribution in [3.8, 4) is 5.75 Å². The SMILES string of the molecule is CC(C)(c1ccc(O)cc1)C1(O)C=CC=C(O)C1. The highest BCUT2D eigenvalue weighted by Gasteiger charge is 2.44. The summed E-state index contributed by atoms with van der Waals surface area (Å²) in [6.45, 7) is 3.84. The predicted octanol–water partition coefficient (Wildman–Crippen LogP) is 2.80. The lowest BCUT2D eigenvalue weighted by atomic mass is 9.67. The fourth-order valence-corrected chi connectivity index (χ4v) is 2.27. The molecule has 1 atom stereocenters. The fraction of sp³-hybridized carbons (Fsp3) is 0.333. The molecule has 0 bridgehead atoms. The molecule has 0 heterocycles. The van der Waals surface area contributed by atoms with Gasteiger partial charge < -0.3 is 15.3 Å². The van der Waals surface area contributed by atoms with Crippen molar-refractivity contribution in [3.05, 3.63) is 53.8 Å². The van der Waals surface area contributed by atoms with E-state index < -0.39 is 11.0 Å². The van der Waals surface area contributed by atoms with E-state index in [1.165, 1.54) is 0 Å². The van der Waals surface area contributed by atoms with Crippen molar-refractivity contribution in [2.75, 3.05) is 0 Å². The van der Waals surface area contributed by atoms with Crippen molar-refractivity contribution < 1.29 is 15.3 Å². The van der Waals surface area contributed by atoms with Crippen molar-refractivity contribution in [1.82, 2.24) is 0 Å². The third-order valence-corrected chi connectivity index (χ3v) is 3.78. The van der Waals surface area contributed by atoms with E-state index in [1.807, 2.05) is 13.8 Å². The summed E-state index contributed by atoms with van der Waals surface area (Å²) in [5, 5.41) is 29.7. The van der Waals surface area contributed by atoms with Crippen molar-refractivity contribution in [3.63, 3.8) is 0 Å². The van der Waals surface area contributed by atoms with Gasteiger partial charge in [0.05, 0.1) is 11.4 Å². The second-order valence-electron chi connectivity index (χ2n) is 5.29. The molecule has 0 aliphatic heterocycles. The van der Waals surface area contributed by atoms with Gasteiger partial charge in [0.1, 0.15) is 5.75 Å². The minimum Gasteiger partial charge on any atom is -0.512 e. The molecule has 0 amide bonds. The Morgan fingerprint density at radius 2 is 1.72 bits per heavy atom. The average Bonchev–Trinajstić information content (AvgIpc) is 2.29. The summed E-state index contributed by atoms with van der Waals surface area (Å²) in [7, 11) is 0. The van der Waals surface area contributed by atoms with E-state index in [0.717, 1.165) is 5.56 Å². The smallest absolute Gasteiger partial charge is 0.115 e. The van der Waals surface area contributed by atoms with Gasteiger partial charge in [0.15, 0.2) is 0 Å². The van der Waals surface area contributed by atoms with Gasteiger partial charge in [-0.3, -0.25) is 0 Å². The van der Waals surface area contributed by atoms with Gasteiger partial charge in [-0.25, -0.2) is 0 Å². The summed E-state index contributed by atoms with van der Waals surface area (Å²) in [5.74, 6) is 0.371. The van der Waals surface area contributed by atoms with E-state index in [4.69, 9.17) is 0 Å². The number of rotatable bonds is 2. The minimum absolute atomic E-state index is 0.173. The number of aromatic hydroxyl groups is 1. The Bertz CT molecular complexity index is 497. The van der Waals surface area contributed by atoms with Crippen LogP contribution in [0, 0.1) is 0 Å². The molecule has 0 radical (unpaired) electrons. The molecule has 3 heteroatoms. The molecular weight excluding hydrogens is 228 g/mol. The number of phenolic OH excluding ortho intramolecular Hbond substituents is 1. The van der Waals surface area contributed by atoms with Crippen molar-refractivity contribution in [2.24, 2.45) is 0 Å². The summed E-state index contributed by atoms with van der Waals surface area (Å²) in [6.07, 6.45) is 5.15. The van der Waals surface area contributed by atoms with Crippen LogP contribution in [-0.4, -0.2) is 20.9 Å².